The highest BCUT2D eigenvalue weighted by Gasteiger charge is 2.21. The summed E-state index contributed by atoms with van der Waals surface area (Å²) < 4.78 is 11.2. The van der Waals surface area contributed by atoms with Crippen molar-refractivity contribution in [2.75, 3.05) is 47.4 Å². The maximum atomic E-state index is 11.8. The highest BCUT2D eigenvalue weighted by atomic mass is 16.5. The molecule has 0 unspecified atom stereocenters. The van der Waals surface area contributed by atoms with Crippen molar-refractivity contribution >= 4 is 5.91 Å². The van der Waals surface area contributed by atoms with Crippen LogP contribution >= 0.6 is 0 Å². The molecule has 0 atom stereocenters. The number of amides is 1. The molecule has 0 spiro atoms. The van der Waals surface area contributed by atoms with Crippen LogP contribution in [0.3, 0.4) is 0 Å². The molecule has 1 heterocycles. The van der Waals surface area contributed by atoms with E-state index in [0.29, 0.717) is 19.2 Å². The summed E-state index contributed by atoms with van der Waals surface area (Å²) in [4.78, 5) is 15.7. The second-order valence-corrected chi connectivity index (χ2v) is 7.45. The summed E-state index contributed by atoms with van der Waals surface area (Å²) in [5, 5.41) is 3.63. The van der Waals surface area contributed by atoms with Crippen molar-refractivity contribution in [1.29, 1.82) is 0 Å². The number of carbonyl (C=O) groups is 1. The second-order valence-electron chi connectivity index (χ2n) is 7.45. The molecule has 1 N–H and O–H groups in total. The summed E-state index contributed by atoms with van der Waals surface area (Å²) in [5.74, 6) is 1.65. The molecule has 1 aromatic rings. The first-order valence-corrected chi connectivity index (χ1v) is 9.49. The van der Waals surface area contributed by atoms with Crippen molar-refractivity contribution in [3.63, 3.8) is 0 Å². The number of hydrogen-bond acceptors (Lipinski definition) is 5. The first kappa shape index (κ1) is 21.3. The van der Waals surface area contributed by atoms with Gasteiger partial charge in [-0.05, 0) is 43.0 Å². The van der Waals surface area contributed by atoms with Crippen LogP contribution in [-0.4, -0.2) is 69.2 Å². The third-order valence-corrected chi connectivity index (χ3v) is 4.74. The minimum absolute atomic E-state index is 0.168. The van der Waals surface area contributed by atoms with Crippen LogP contribution in [0.4, 0.5) is 0 Å². The number of hydrogen-bond donors (Lipinski definition) is 1. The fourth-order valence-electron chi connectivity index (χ4n) is 3.03. The largest absolute Gasteiger partial charge is 0.493 e. The molecule has 150 valence electrons. The van der Waals surface area contributed by atoms with Gasteiger partial charge in [0.2, 0.25) is 5.91 Å². The minimum Gasteiger partial charge on any atom is -0.493 e. The van der Waals surface area contributed by atoms with Gasteiger partial charge in [0.15, 0.2) is 11.5 Å². The fourth-order valence-corrected chi connectivity index (χ4v) is 3.03. The number of likely N-dealkylation sites (tertiary alicyclic amines) is 1. The number of methoxy groups -OCH3 is 1. The third-order valence-electron chi connectivity index (χ3n) is 4.74. The fraction of sp³-hybridized carbons (Fsp3) is 0.571. The van der Waals surface area contributed by atoms with Crippen molar-refractivity contribution in [2.24, 2.45) is 0 Å². The Morgan fingerprint density at radius 1 is 1.30 bits per heavy atom. The molecule has 6 heteroatoms. The Kier molecular flexibility index (Phi) is 8.13. The van der Waals surface area contributed by atoms with Gasteiger partial charge in [0.1, 0.15) is 6.61 Å². The first-order chi connectivity index (χ1) is 12.9. The molecule has 0 aliphatic carbocycles. The second kappa shape index (κ2) is 10.3. The Balaban J connectivity index is 1.82. The van der Waals surface area contributed by atoms with Gasteiger partial charge in [-0.25, -0.2) is 0 Å². The zero-order chi connectivity index (χ0) is 19.8. The monoisotopic (exact) mass is 375 g/mol. The number of nitrogens with one attached hydrogen (secondary N) is 1. The van der Waals surface area contributed by atoms with Gasteiger partial charge < -0.3 is 19.7 Å². The quantitative estimate of drug-likeness (QED) is 0.671. The third kappa shape index (κ3) is 6.88. The maximum Gasteiger partial charge on any atom is 0.236 e. The summed E-state index contributed by atoms with van der Waals surface area (Å²) in [6.07, 6.45) is 2.10. The van der Waals surface area contributed by atoms with E-state index in [1.54, 1.807) is 26.1 Å². The van der Waals surface area contributed by atoms with E-state index in [2.05, 4.69) is 22.9 Å². The SMILES string of the molecule is C=C(C)COc1cc(CNC2CCN(CC(=O)N(C)C)CC2)ccc1OC. The number of rotatable bonds is 9. The Morgan fingerprint density at radius 3 is 2.59 bits per heavy atom. The van der Waals surface area contributed by atoms with Crippen LogP contribution in [-0.2, 0) is 11.3 Å². The molecule has 0 bridgehead atoms. The topological polar surface area (TPSA) is 54.0 Å². The molecule has 2 rings (SSSR count). The van der Waals surface area contributed by atoms with Crippen molar-refractivity contribution in [3.05, 3.63) is 35.9 Å². The molecule has 1 amide bonds. The molecule has 0 aromatic heterocycles. The van der Waals surface area contributed by atoms with Gasteiger partial charge in [-0.1, -0.05) is 12.6 Å². The van der Waals surface area contributed by atoms with Crippen LogP contribution in [0.1, 0.15) is 25.3 Å². The van der Waals surface area contributed by atoms with Crippen molar-refractivity contribution in [3.8, 4) is 11.5 Å². The lowest BCUT2D eigenvalue weighted by Crippen LogP contribution is -2.45. The zero-order valence-electron chi connectivity index (χ0n) is 17.1. The molecular formula is C21H33N3O3. The van der Waals surface area contributed by atoms with E-state index < -0.39 is 0 Å². The smallest absolute Gasteiger partial charge is 0.236 e. The van der Waals surface area contributed by atoms with Crippen LogP contribution in [0.25, 0.3) is 0 Å². The van der Waals surface area contributed by atoms with Gasteiger partial charge in [0, 0.05) is 39.8 Å². The molecule has 27 heavy (non-hydrogen) atoms. The van der Waals surface area contributed by atoms with Crippen LogP contribution in [0.5, 0.6) is 11.5 Å². The van der Waals surface area contributed by atoms with Crippen molar-refractivity contribution < 1.29 is 14.3 Å². The molecule has 1 aliphatic heterocycles. The Labute approximate surface area is 163 Å². The number of nitrogens with zero attached hydrogens (tertiary/aromatic N) is 2. The Hall–Kier alpha value is -2.05. The molecule has 0 radical (unpaired) electrons. The summed E-state index contributed by atoms with van der Waals surface area (Å²) in [5.41, 5.74) is 2.14. The van der Waals surface area contributed by atoms with Gasteiger partial charge >= 0.3 is 0 Å². The average Bonchev–Trinajstić information content (AvgIpc) is 2.65. The Morgan fingerprint density at radius 2 is 2.00 bits per heavy atom. The number of carbonyl (C=O) groups excluding carboxylic acids is 1. The highest BCUT2D eigenvalue weighted by molar-refractivity contribution is 5.77. The summed E-state index contributed by atoms with van der Waals surface area (Å²) in [6, 6.07) is 6.50. The molecular weight excluding hydrogens is 342 g/mol. The lowest BCUT2D eigenvalue weighted by atomic mass is 10.0. The van der Waals surface area contributed by atoms with E-state index in [0.717, 1.165) is 55.1 Å². The first-order valence-electron chi connectivity index (χ1n) is 9.49. The number of ether oxygens (including phenoxy) is 2. The van der Waals surface area contributed by atoms with Gasteiger partial charge in [0.05, 0.1) is 13.7 Å². The molecule has 1 aromatic carbocycles. The Bertz CT molecular complexity index is 638. The van der Waals surface area contributed by atoms with Crippen LogP contribution in [0.15, 0.2) is 30.4 Å². The van der Waals surface area contributed by atoms with Gasteiger partial charge in [0.25, 0.3) is 0 Å². The van der Waals surface area contributed by atoms with Gasteiger partial charge in [-0.15, -0.1) is 0 Å². The molecule has 6 nitrogen and oxygen atoms in total. The summed E-state index contributed by atoms with van der Waals surface area (Å²) in [7, 11) is 5.26. The van der Waals surface area contributed by atoms with E-state index in [4.69, 9.17) is 9.47 Å². The molecule has 0 saturated carbocycles. The van der Waals surface area contributed by atoms with Crippen LogP contribution < -0.4 is 14.8 Å². The van der Waals surface area contributed by atoms with Crippen LogP contribution in [0.2, 0.25) is 0 Å². The van der Waals surface area contributed by atoms with E-state index in [1.807, 2.05) is 19.1 Å². The molecule has 1 aliphatic rings. The zero-order valence-corrected chi connectivity index (χ0v) is 17.1. The lowest BCUT2D eigenvalue weighted by Gasteiger charge is -2.32. The number of piperidine rings is 1. The van der Waals surface area contributed by atoms with E-state index in [-0.39, 0.29) is 5.91 Å². The molecule has 1 fully saturated rings. The normalized spacial score (nSPS) is 15.4. The van der Waals surface area contributed by atoms with E-state index in [1.165, 1.54) is 0 Å². The molecule has 1 saturated heterocycles. The van der Waals surface area contributed by atoms with Gasteiger partial charge in [-0.3, -0.25) is 9.69 Å². The van der Waals surface area contributed by atoms with Crippen molar-refractivity contribution in [2.45, 2.75) is 32.4 Å². The highest BCUT2D eigenvalue weighted by Crippen LogP contribution is 2.28. The standard InChI is InChI=1S/C21H33N3O3/c1-16(2)15-27-20-12-17(6-7-19(20)26-5)13-22-18-8-10-24(11-9-18)14-21(25)23(3)4/h6-7,12,18,22H,1,8-11,13-15H2,2-5H3. The number of likely N-dealkylation sites (N-methyl/N-ethyl adjacent to an activating group) is 1. The lowest BCUT2D eigenvalue weighted by molar-refractivity contribution is -0.130. The predicted octanol–water partition coefficient (Wildman–Crippen LogP) is 2.29. The van der Waals surface area contributed by atoms with E-state index in [9.17, 15) is 4.79 Å². The van der Waals surface area contributed by atoms with Crippen molar-refractivity contribution in [1.82, 2.24) is 15.1 Å². The minimum atomic E-state index is 0.168. The predicted molar refractivity (Wildman–Crippen MR) is 108 cm³/mol. The van der Waals surface area contributed by atoms with E-state index >= 15 is 0 Å². The van der Waals surface area contributed by atoms with Crippen LogP contribution in [0, 0.1) is 0 Å². The number of benzene rings is 1. The summed E-state index contributed by atoms with van der Waals surface area (Å²) in [6.45, 7) is 9.50. The summed E-state index contributed by atoms with van der Waals surface area (Å²) >= 11 is 0. The average molecular weight is 376 g/mol. The van der Waals surface area contributed by atoms with Gasteiger partial charge in [-0.2, -0.15) is 0 Å². The maximum absolute atomic E-state index is 11.8.